The standard InChI is InChI=1S/C16H18N6O/c1-3-8-17-12-6-4-5-7-13(12)19-16(23)11-9-14-15(18-10-11)22(2)21-20-14/h4-7,9-10,17H,3,8H2,1-2H3,(H,19,23). The number of carbonyl (C=O) groups is 1. The van der Waals surface area contributed by atoms with Gasteiger partial charge in [0.1, 0.15) is 5.52 Å². The van der Waals surface area contributed by atoms with Gasteiger partial charge in [0.2, 0.25) is 0 Å². The van der Waals surface area contributed by atoms with Gasteiger partial charge in [0.25, 0.3) is 5.91 Å². The molecule has 0 spiro atoms. The van der Waals surface area contributed by atoms with E-state index >= 15 is 0 Å². The Balaban J connectivity index is 1.83. The van der Waals surface area contributed by atoms with Gasteiger partial charge in [-0.2, -0.15) is 0 Å². The Labute approximate surface area is 133 Å². The molecular weight excluding hydrogens is 292 g/mol. The smallest absolute Gasteiger partial charge is 0.257 e. The first-order chi connectivity index (χ1) is 11.2. The maximum Gasteiger partial charge on any atom is 0.257 e. The monoisotopic (exact) mass is 310 g/mol. The van der Waals surface area contributed by atoms with Crippen molar-refractivity contribution in [3.63, 3.8) is 0 Å². The molecule has 0 atom stereocenters. The molecule has 0 saturated carbocycles. The molecule has 2 heterocycles. The number of benzene rings is 1. The van der Waals surface area contributed by atoms with E-state index in [1.165, 1.54) is 6.20 Å². The highest BCUT2D eigenvalue weighted by Crippen LogP contribution is 2.22. The van der Waals surface area contributed by atoms with Crippen molar-refractivity contribution >= 4 is 28.4 Å². The molecule has 23 heavy (non-hydrogen) atoms. The second-order valence-corrected chi connectivity index (χ2v) is 5.21. The fraction of sp³-hybridized carbons (Fsp3) is 0.250. The summed E-state index contributed by atoms with van der Waals surface area (Å²) in [5, 5.41) is 14.1. The van der Waals surface area contributed by atoms with Crippen molar-refractivity contribution in [1.29, 1.82) is 0 Å². The fourth-order valence-corrected chi connectivity index (χ4v) is 2.25. The summed E-state index contributed by atoms with van der Waals surface area (Å²) in [6.07, 6.45) is 2.54. The van der Waals surface area contributed by atoms with Crippen LogP contribution in [0.1, 0.15) is 23.7 Å². The van der Waals surface area contributed by atoms with Gasteiger partial charge in [-0.3, -0.25) is 4.79 Å². The van der Waals surface area contributed by atoms with E-state index in [1.54, 1.807) is 17.8 Å². The zero-order valence-corrected chi connectivity index (χ0v) is 13.1. The Morgan fingerprint density at radius 1 is 1.26 bits per heavy atom. The summed E-state index contributed by atoms with van der Waals surface area (Å²) in [5.74, 6) is -0.226. The second-order valence-electron chi connectivity index (χ2n) is 5.21. The molecule has 2 aromatic heterocycles. The highest BCUT2D eigenvalue weighted by molar-refractivity contribution is 6.06. The van der Waals surface area contributed by atoms with Gasteiger partial charge in [0, 0.05) is 19.8 Å². The Morgan fingerprint density at radius 2 is 2.04 bits per heavy atom. The molecule has 0 saturated heterocycles. The summed E-state index contributed by atoms with van der Waals surface area (Å²) in [6, 6.07) is 9.31. The molecule has 7 heteroatoms. The first-order valence-electron chi connectivity index (χ1n) is 7.48. The fourth-order valence-electron chi connectivity index (χ4n) is 2.25. The largest absolute Gasteiger partial charge is 0.383 e. The van der Waals surface area contributed by atoms with Gasteiger partial charge in [-0.15, -0.1) is 5.10 Å². The lowest BCUT2D eigenvalue weighted by Crippen LogP contribution is -2.14. The minimum atomic E-state index is -0.226. The Morgan fingerprint density at radius 3 is 2.83 bits per heavy atom. The van der Waals surface area contributed by atoms with Crippen molar-refractivity contribution in [2.24, 2.45) is 7.05 Å². The van der Waals surface area contributed by atoms with Gasteiger partial charge in [0.05, 0.1) is 16.9 Å². The van der Waals surface area contributed by atoms with Crippen molar-refractivity contribution in [3.8, 4) is 0 Å². The number of aryl methyl sites for hydroxylation is 1. The van der Waals surface area contributed by atoms with Gasteiger partial charge in [-0.25, -0.2) is 9.67 Å². The Hall–Kier alpha value is -2.96. The van der Waals surface area contributed by atoms with E-state index in [1.807, 2.05) is 24.3 Å². The minimum Gasteiger partial charge on any atom is -0.383 e. The minimum absolute atomic E-state index is 0.226. The Bertz CT molecular complexity index is 841. The van der Waals surface area contributed by atoms with Crippen molar-refractivity contribution < 1.29 is 4.79 Å². The molecule has 0 aliphatic carbocycles. The van der Waals surface area contributed by atoms with E-state index in [-0.39, 0.29) is 5.91 Å². The van der Waals surface area contributed by atoms with Crippen LogP contribution in [0.2, 0.25) is 0 Å². The zero-order chi connectivity index (χ0) is 16.2. The second kappa shape index (κ2) is 6.43. The van der Waals surface area contributed by atoms with E-state index in [0.29, 0.717) is 16.7 Å². The summed E-state index contributed by atoms with van der Waals surface area (Å²) in [5.41, 5.74) is 3.33. The van der Waals surface area contributed by atoms with Gasteiger partial charge >= 0.3 is 0 Å². The lowest BCUT2D eigenvalue weighted by molar-refractivity contribution is 0.102. The molecule has 0 aliphatic rings. The molecule has 7 nitrogen and oxygen atoms in total. The van der Waals surface area contributed by atoms with Crippen LogP contribution in [0.3, 0.4) is 0 Å². The number of anilines is 2. The number of nitrogens with one attached hydrogen (secondary N) is 2. The van der Waals surface area contributed by atoms with Crippen LogP contribution >= 0.6 is 0 Å². The van der Waals surface area contributed by atoms with E-state index in [0.717, 1.165) is 24.3 Å². The summed E-state index contributed by atoms with van der Waals surface area (Å²) < 4.78 is 1.57. The zero-order valence-electron chi connectivity index (χ0n) is 13.1. The third-order valence-electron chi connectivity index (χ3n) is 3.44. The molecular formula is C16H18N6O. The third-order valence-corrected chi connectivity index (χ3v) is 3.44. The number of para-hydroxylation sites is 2. The van der Waals surface area contributed by atoms with Crippen LogP contribution in [-0.2, 0) is 7.05 Å². The SMILES string of the molecule is CCCNc1ccccc1NC(=O)c1cnc2c(c1)nnn2C. The van der Waals surface area contributed by atoms with Gasteiger partial charge in [-0.1, -0.05) is 24.3 Å². The number of nitrogens with zero attached hydrogens (tertiary/aromatic N) is 4. The third kappa shape index (κ3) is 3.13. The lowest BCUT2D eigenvalue weighted by Gasteiger charge is -2.12. The predicted molar refractivity (Wildman–Crippen MR) is 89.5 cm³/mol. The number of hydrogen-bond donors (Lipinski definition) is 2. The van der Waals surface area contributed by atoms with Crippen LogP contribution < -0.4 is 10.6 Å². The molecule has 3 rings (SSSR count). The summed E-state index contributed by atoms with van der Waals surface area (Å²) in [4.78, 5) is 16.7. The first-order valence-corrected chi connectivity index (χ1v) is 7.48. The van der Waals surface area contributed by atoms with E-state index in [2.05, 4.69) is 32.9 Å². The lowest BCUT2D eigenvalue weighted by atomic mass is 10.2. The maximum atomic E-state index is 12.5. The molecule has 0 radical (unpaired) electrons. The van der Waals surface area contributed by atoms with Crippen molar-refractivity contribution in [3.05, 3.63) is 42.1 Å². The van der Waals surface area contributed by atoms with Crippen molar-refractivity contribution in [2.75, 3.05) is 17.2 Å². The molecule has 0 unspecified atom stereocenters. The highest BCUT2D eigenvalue weighted by Gasteiger charge is 2.12. The van der Waals surface area contributed by atoms with Crippen LogP contribution in [0.5, 0.6) is 0 Å². The van der Waals surface area contributed by atoms with Crippen LogP contribution in [0.4, 0.5) is 11.4 Å². The van der Waals surface area contributed by atoms with E-state index < -0.39 is 0 Å². The van der Waals surface area contributed by atoms with E-state index in [4.69, 9.17) is 0 Å². The maximum absolute atomic E-state index is 12.5. The van der Waals surface area contributed by atoms with Gasteiger partial charge in [-0.05, 0) is 24.6 Å². The number of carbonyl (C=O) groups excluding carboxylic acids is 1. The topological polar surface area (TPSA) is 84.7 Å². The number of aromatic nitrogens is 4. The summed E-state index contributed by atoms with van der Waals surface area (Å²) in [6.45, 7) is 2.94. The number of hydrogen-bond acceptors (Lipinski definition) is 5. The first kappa shape index (κ1) is 15.0. The van der Waals surface area contributed by atoms with Crippen LogP contribution in [0.15, 0.2) is 36.5 Å². The van der Waals surface area contributed by atoms with Crippen LogP contribution in [0.25, 0.3) is 11.2 Å². The van der Waals surface area contributed by atoms with Crippen LogP contribution in [0, 0.1) is 0 Å². The number of amides is 1. The normalized spacial score (nSPS) is 10.7. The van der Waals surface area contributed by atoms with Crippen molar-refractivity contribution in [2.45, 2.75) is 13.3 Å². The molecule has 2 N–H and O–H groups in total. The summed E-state index contributed by atoms with van der Waals surface area (Å²) in [7, 11) is 1.76. The quantitative estimate of drug-likeness (QED) is 0.756. The highest BCUT2D eigenvalue weighted by atomic mass is 16.1. The molecule has 0 aliphatic heterocycles. The summed E-state index contributed by atoms with van der Waals surface area (Å²) >= 11 is 0. The van der Waals surface area contributed by atoms with E-state index in [9.17, 15) is 4.79 Å². The molecule has 3 aromatic rings. The van der Waals surface area contributed by atoms with Crippen LogP contribution in [-0.4, -0.2) is 32.4 Å². The number of fused-ring (bicyclic) bond motifs is 1. The molecule has 1 aromatic carbocycles. The van der Waals surface area contributed by atoms with Gasteiger partial charge < -0.3 is 10.6 Å². The average molecular weight is 310 g/mol. The molecule has 118 valence electrons. The number of rotatable bonds is 5. The molecule has 0 bridgehead atoms. The number of pyridine rings is 1. The van der Waals surface area contributed by atoms with Gasteiger partial charge in [0.15, 0.2) is 5.65 Å². The average Bonchev–Trinajstić information content (AvgIpc) is 2.94. The molecule has 0 fully saturated rings. The predicted octanol–water partition coefficient (Wildman–Crippen LogP) is 2.44. The van der Waals surface area contributed by atoms with Crippen molar-refractivity contribution in [1.82, 2.24) is 20.0 Å². The Kier molecular flexibility index (Phi) is 4.18. The molecule has 1 amide bonds.